The van der Waals surface area contributed by atoms with Gasteiger partial charge in [0.25, 0.3) is 0 Å². The zero-order chi connectivity index (χ0) is 11.3. The van der Waals surface area contributed by atoms with E-state index in [9.17, 15) is 5.11 Å². The van der Waals surface area contributed by atoms with Crippen LogP contribution in [0.15, 0.2) is 24.3 Å². The molecule has 84 valence electrons. The molecule has 0 amide bonds. The van der Waals surface area contributed by atoms with Gasteiger partial charge in [0.2, 0.25) is 0 Å². The maximum Gasteiger partial charge on any atom is 0.115 e. The molecule has 0 atom stereocenters. The normalized spacial score (nSPS) is 11.7. The average Bonchev–Trinajstić information content (AvgIpc) is 2.11. The van der Waals surface area contributed by atoms with Crippen molar-refractivity contribution >= 4 is 0 Å². The van der Waals surface area contributed by atoms with Crippen molar-refractivity contribution in [3.05, 3.63) is 29.8 Å². The molecule has 0 saturated heterocycles. The molecule has 15 heavy (non-hydrogen) atoms. The Balaban J connectivity index is 2.26. The highest BCUT2D eigenvalue weighted by Crippen LogP contribution is 2.12. The van der Waals surface area contributed by atoms with Gasteiger partial charge in [-0.1, -0.05) is 12.1 Å². The summed E-state index contributed by atoms with van der Waals surface area (Å²) in [4.78, 5) is 0. The molecule has 1 rings (SSSR count). The number of aromatic hydroxyl groups is 1. The molecule has 2 N–H and O–H groups in total. The minimum Gasteiger partial charge on any atom is -0.508 e. The van der Waals surface area contributed by atoms with E-state index in [4.69, 9.17) is 0 Å². The van der Waals surface area contributed by atoms with Crippen molar-refractivity contribution in [1.82, 2.24) is 5.32 Å². The Labute approximate surface area is 92.3 Å². The highest BCUT2D eigenvalue weighted by Gasteiger charge is 2.07. The maximum atomic E-state index is 9.28. The first-order chi connectivity index (χ1) is 6.97. The van der Waals surface area contributed by atoms with Crippen molar-refractivity contribution in [3.63, 3.8) is 0 Å². The largest absolute Gasteiger partial charge is 0.508 e. The Kier molecular flexibility index (Phi) is 4.15. The van der Waals surface area contributed by atoms with Crippen molar-refractivity contribution < 1.29 is 5.11 Å². The van der Waals surface area contributed by atoms with Crippen molar-refractivity contribution in [2.45, 2.75) is 39.2 Å². The van der Waals surface area contributed by atoms with Crippen LogP contribution in [0.5, 0.6) is 5.75 Å². The highest BCUT2D eigenvalue weighted by molar-refractivity contribution is 5.27. The number of phenols is 1. The predicted molar refractivity (Wildman–Crippen MR) is 64.2 cm³/mol. The second-order valence-electron chi connectivity index (χ2n) is 4.95. The van der Waals surface area contributed by atoms with Gasteiger partial charge in [0.15, 0.2) is 0 Å². The van der Waals surface area contributed by atoms with Gasteiger partial charge in [-0.05, 0) is 57.9 Å². The quantitative estimate of drug-likeness (QED) is 0.744. The van der Waals surface area contributed by atoms with Crippen LogP contribution in [0, 0.1) is 0 Å². The van der Waals surface area contributed by atoms with E-state index in [-0.39, 0.29) is 5.54 Å². The van der Waals surface area contributed by atoms with E-state index in [0.29, 0.717) is 5.75 Å². The van der Waals surface area contributed by atoms with Gasteiger partial charge < -0.3 is 10.4 Å². The molecule has 2 nitrogen and oxygen atoms in total. The predicted octanol–water partition coefficient (Wildman–Crippen LogP) is 2.71. The van der Waals surface area contributed by atoms with Crippen LogP contribution < -0.4 is 5.32 Å². The smallest absolute Gasteiger partial charge is 0.115 e. The van der Waals surface area contributed by atoms with E-state index in [1.54, 1.807) is 6.07 Å². The lowest BCUT2D eigenvalue weighted by Gasteiger charge is -2.20. The highest BCUT2D eigenvalue weighted by atomic mass is 16.3. The summed E-state index contributed by atoms with van der Waals surface area (Å²) in [7, 11) is 0. The fourth-order valence-corrected chi connectivity index (χ4v) is 1.47. The lowest BCUT2D eigenvalue weighted by molar-refractivity contribution is 0.422. The van der Waals surface area contributed by atoms with Gasteiger partial charge >= 0.3 is 0 Å². The van der Waals surface area contributed by atoms with Crippen LogP contribution in [0.25, 0.3) is 0 Å². The molecule has 0 aromatic heterocycles. The zero-order valence-corrected chi connectivity index (χ0v) is 9.88. The summed E-state index contributed by atoms with van der Waals surface area (Å²) in [5.41, 5.74) is 1.39. The topological polar surface area (TPSA) is 32.3 Å². The first kappa shape index (κ1) is 12.1. The Morgan fingerprint density at radius 1 is 1.27 bits per heavy atom. The third kappa shape index (κ3) is 5.43. The first-order valence-corrected chi connectivity index (χ1v) is 5.50. The molecule has 0 aliphatic carbocycles. The van der Waals surface area contributed by atoms with Crippen LogP contribution >= 0.6 is 0 Å². The van der Waals surface area contributed by atoms with Crippen molar-refractivity contribution in [1.29, 1.82) is 0 Å². The summed E-state index contributed by atoms with van der Waals surface area (Å²) >= 11 is 0. The first-order valence-electron chi connectivity index (χ1n) is 5.50. The van der Waals surface area contributed by atoms with Crippen LogP contribution in [0.3, 0.4) is 0 Å². The van der Waals surface area contributed by atoms with Gasteiger partial charge in [-0.15, -0.1) is 0 Å². The zero-order valence-electron chi connectivity index (χ0n) is 9.88. The van der Waals surface area contributed by atoms with Crippen molar-refractivity contribution in [2.24, 2.45) is 0 Å². The monoisotopic (exact) mass is 207 g/mol. The molecule has 0 bridgehead atoms. The summed E-state index contributed by atoms with van der Waals surface area (Å²) in [6.07, 6.45) is 2.11. The van der Waals surface area contributed by atoms with Gasteiger partial charge in [-0.25, -0.2) is 0 Å². The minimum atomic E-state index is 0.193. The minimum absolute atomic E-state index is 0.193. The number of rotatable bonds is 4. The molecule has 0 unspecified atom stereocenters. The average molecular weight is 207 g/mol. The molecule has 1 aromatic rings. The summed E-state index contributed by atoms with van der Waals surface area (Å²) in [5, 5.41) is 12.7. The Hall–Kier alpha value is -1.02. The third-order valence-corrected chi connectivity index (χ3v) is 2.21. The molecule has 0 saturated carbocycles. The van der Waals surface area contributed by atoms with Crippen LogP contribution in [0.4, 0.5) is 0 Å². The Morgan fingerprint density at radius 2 is 2.00 bits per heavy atom. The van der Waals surface area contributed by atoms with E-state index in [2.05, 4.69) is 32.2 Å². The standard InChI is InChI=1S/C13H21NO/c1-13(2,3)14-9-5-7-11-6-4-8-12(15)10-11/h4,6,8,10,14-15H,5,7,9H2,1-3H3. The van der Waals surface area contributed by atoms with E-state index in [1.165, 1.54) is 5.56 Å². The van der Waals surface area contributed by atoms with Crippen molar-refractivity contribution in [3.8, 4) is 5.75 Å². The lowest BCUT2D eigenvalue weighted by Crippen LogP contribution is -2.36. The third-order valence-electron chi connectivity index (χ3n) is 2.21. The van der Waals surface area contributed by atoms with Gasteiger partial charge in [-0.3, -0.25) is 0 Å². The van der Waals surface area contributed by atoms with E-state index < -0.39 is 0 Å². The van der Waals surface area contributed by atoms with E-state index in [0.717, 1.165) is 19.4 Å². The van der Waals surface area contributed by atoms with Crippen LogP contribution in [-0.2, 0) is 6.42 Å². The maximum absolute atomic E-state index is 9.28. The van der Waals surface area contributed by atoms with Crippen LogP contribution in [0.2, 0.25) is 0 Å². The molecular formula is C13H21NO. The summed E-state index contributed by atoms with van der Waals surface area (Å²) in [5.74, 6) is 0.358. The van der Waals surface area contributed by atoms with E-state index in [1.807, 2.05) is 12.1 Å². The number of benzene rings is 1. The molecule has 0 aliphatic heterocycles. The van der Waals surface area contributed by atoms with Gasteiger partial charge in [-0.2, -0.15) is 0 Å². The van der Waals surface area contributed by atoms with Crippen LogP contribution in [-0.4, -0.2) is 17.2 Å². The second kappa shape index (κ2) is 5.17. The molecular weight excluding hydrogens is 186 g/mol. The van der Waals surface area contributed by atoms with Crippen molar-refractivity contribution in [2.75, 3.05) is 6.54 Å². The molecule has 0 fully saturated rings. The lowest BCUT2D eigenvalue weighted by atomic mass is 10.1. The van der Waals surface area contributed by atoms with E-state index >= 15 is 0 Å². The number of aryl methyl sites for hydroxylation is 1. The molecule has 0 radical (unpaired) electrons. The molecule has 1 aromatic carbocycles. The molecule has 0 aliphatic rings. The van der Waals surface area contributed by atoms with Gasteiger partial charge in [0, 0.05) is 5.54 Å². The Morgan fingerprint density at radius 3 is 2.60 bits per heavy atom. The molecule has 2 heteroatoms. The number of hydrogen-bond acceptors (Lipinski definition) is 2. The number of nitrogens with one attached hydrogen (secondary N) is 1. The fraction of sp³-hybridized carbons (Fsp3) is 0.538. The fourth-order valence-electron chi connectivity index (χ4n) is 1.47. The number of hydrogen-bond donors (Lipinski definition) is 2. The number of phenolic OH excluding ortho intramolecular Hbond substituents is 1. The SMILES string of the molecule is CC(C)(C)NCCCc1cccc(O)c1. The summed E-state index contributed by atoms with van der Waals surface area (Å²) < 4.78 is 0. The summed E-state index contributed by atoms with van der Waals surface area (Å²) in [6.45, 7) is 7.52. The summed E-state index contributed by atoms with van der Waals surface area (Å²) in [6, 6.07) is 7.48. The second-order valence-corrected chi connectivity index (χ2v) is 4.95. The van der Waals surface area contributed by atoms with Gasteiger partial charge in [0.1, 0.15) is 5.75 Å². The van der Waals surface area contributed by atoms with Gasteiger partial charge in [0.05, 0.1) is 0 Å². The molecule has 0 spiro atoms. The van der Waals surface area contributed by atoms with Crippen LogP contribution in [0.1, 0.15) is 32.8 Å². The molecule has 0 heterocycles. The Bertz CT molecular complexity index is 302.